The zero-order valence-corrected chi connectivity index (χ0v) is 10.8. The number of carboxylic acids is 1. The van der Waals surface area contributed by atoms with Gasteiger partial charge in [-0.25, -0.2) is 22.7 Å². The van der Waals surface area contributed by atoms with Crippen LogP contribution in [0.15, 0.2) is 0 Å². The summed E-state index contributed by atoms with van der Waals surface area (Å²) in [5.41, 5.74) is -1.19. The number of rotatable bonds is 6. The number of hydrogen-bond acceptors (Lipinski definition) is 4. The third-order valence-corrected chi connectivity index (χ3v) is 4.30. The molecular weight excluding hydrogens is 262 g/mol. The quantitative estimate of drug-likeness (QED) is 0.488. The number of sulfonamides is 1. The van der Waals surface area contributed by atoms with E-state index in [0.29, 0.717) is 12.8 Å². The number of urea groups is 1. The first kappa shape index (κ1) is 14.7. The second-order valence-electron chi connectivity index (χ2n) is 4.14. The second kappa shape index (κ2) is 5.53. The summed E-state index contributed by atoms with van der Waals surface area (Å²) in [6, 6.07) is -0.664. The fourth-order valence-electron chi connectivity index (χ4n) is 1.59. The average Bonchev–Trinajstić information content (AvgIpc) is 2.22. The first-order valence-corrected chi connectivity index (χ1v) is 7.17. The molecule has 2 amide bonds. The topological polar surface area (TPSA) is 125 Å². The van der Waals surface area contributed by atoms with Crippen LogP contribution in [0.2, 0.25) is 0 Å². The molecule has 0 saturated heterocycles. The molecule has 0 aromatic rings. The van der Waals surface area contributed by atoms with Crippen LogP contribution in [0.5, 0.6) is 0 Å². The standard InChI is InChI=1S/C9H17N3O5S/c1-10-18(16,17)6-5-11-8(15)12-9(7(13)14)3-2-4-9/h10H,2-6H2,1H3,(H,13,14)(H2,11,12,15). The highest BCUT2D eigenvalue weighted by atomic mass is 32.2. The summed E-state index contributed by atoms with van der Waals surface area (Å²) in [7, 11) is -2.09. The highest BCUT2D eigenvalue weighted by molar-refractivity contribution is 7.89. The fraction of sp³-hybridized carbons (Fsp3) is 0.778. The number of hydrogen-bond donors (Lipinski definition) is 4. The summed E-state index contributed by atoms with van der Waals surface area (Å²) in [5.74, 6) is -1.32. The van der Waals surface area contributed by atoms with E-state index in [9.17, 15) is 18.0 Å². The van der Waals surface area contributed by atoms with Gasteiger partial charge < -0.3 is 15.7 Å². The van der Waals surface area contributed by atoms with Crippen molar-refractivity contribution in [2.24, 2.45) is 0 Å². The summed E-state index contributed by atoms with van der Waals surface area (Å²) in [5, 5.41) is 13.7. The molecule has 0 atom stereocenters. The van der Waals surface area contributed by atoms with E-state index in [-0.39, 0.29) is 12.3 Å². The van der Waals surface area contributed by atoms with Gasteiger partial charge in [-0.05, 0) is 26.3 Å². The third-order valence-electron chi connectivity index (χ3n) is 2.94. The van der Waals surface area contributed by atoms with Crippen LogP contribution in [0, 0.1) is 0 Å². The molecule has 0 aromatic heterocycles. The molecular formula is C9H17N3O5S. The van der Waals surface area contributed by atoms with Gasteiger partial charge in [0.25, 0.3) is 0 Å². The summed E-state index contributed by atoms with van der Waals surface area (Å²) in [6.07, 6.45) is 1.54. The van der Waals surface area contributed by atoms with Gasteiger partial charge in [-0.3, -0.25) is 0 Å². The SMILES string of the molecule is CNS(=O)(=O)CCNC(=O)NC1(C(=O)O)CCC1. The highest BCUT2D eigenvalue weighted by Crippen LogP contribution is 2.31. The second-order valence-corrected chi connectivity index (χ2v) is 6.19. The Labute approximate surface area is 105 Å². The van der Waals surface area contributed by atoms with Crippen LogP contribution < -0.4 is 15.4 Å². The van der Waals surface area contributed by atoms with Crippen LogP contribution in [-0.2, 0) is 14.8 Å². The molecule has 0 spiro atoms. The minimum absolute atomic E-state index is 0.0787. The van der Waals surface area contributed by atoms with Crippen molar-refractivity contribution in [3.05, 3.63) is 0 Å². The molecule has 1 aliphatic carbocycles. The Morgan fingerprint density at radius 2 is 1.94 bits per heavy atom. The number of nitrogens with one attached hydrogen (secondary N) is 3. The maximum atomic E-state index is 11.4. The predicted molar refractivity (Wildman–Crippen MR) is 63.6 cm³/mol. The summed E-state index contributed by atoms with van der Waals surface area (Å²) >= 11 is 0. The van der Waals surface area contributed by atoms with Crippen molar-refractivity contribution in [3.8, 4) is 0 Å². The van der Waals surface area contributed by atoms with Crippen molar-refractivity contribution in [2.45, 2.75) is 24.8 Å². The minimum Gasteiger partial charge on any atom is -0.480 e. The number of aliphatic carboxylic acids is 1. The Morgan fingerprint density at radius 3 is 2.33 bits per heavy atom. The lowest BCUT2D eigenvalue weighted by Crippen LogP contribution is -2.61. The smallest absolute Gasteiger partial charge is 0.329 e. The van der Waals surface area contributed by atoms with E-state index in [4.69, 9.17) is 5.11 Å². The van der Waals surface area contributed by atoms with Crippen LogP contribution in [0.25, 0.3) is 0 Å². The van der Waals surface area contributed by atoms with Gasteiger partial charge in [-0.2, -0.15) is 0 Å². The van der Waals surface area contributed by atoms with Gasteiger partial charge in [0, 0.05) is 6.54 Å². The molecule has 1 saturated carbocycles. The lowest BCUT2D eigenvalue weighted by molar-refractivity contribution is -0.148. The average molecular weight is 279 g/mol. The molecule has 18 heavy (non-hydrogen) atoms. The predicted octanol–water partition coefficient (Wildman–Crippen LogP) is -1.16. The molecule has 1 rings (SSSR count). The van der Waals surface area contributed by atoms with Crippen LogP contribution >= 0.6 is 0 Å². The van der Waals surface area contributed by atoms with Gasteiger partial charge >= 0.3 is 12.0 Å². The zero-order valence-electron chi connectivity index (χ0n) is 10.0. The van der Waals surface area contributed by atoms with E-state index in [1.54, 1.807) is 0 Å². The van der Waals surface area contributed by atoms with E-state index in [1.807, 2.05) is 0 Å². The van der Waals surface area contributed by atoms with Crippen molar-refractivity contribution in [3.63, 3.8) is 0 Å². The third kappa shape index (κ3) is 3.57. The molecule has 1 aliphatic rings. The molecule has 8 nitrogen and oxygen atoms in total. The van der Waals surface area contributed by atoms with E-state index >= 15 is 0 Å². The summed E-state index contributed by atoms with van der Waals surface area (Å²) < 4.78 is 24.2. The van der Waals surface area contributed by atoms with Crippen LogP contribution in [-0.4, -0.2) is 50.4 Å². The maximum Gasteiger partial charge on any atom is 0.329 e. The summed E-state index contributed by atoms with van der Waals surface area (Å²) in [6.45, 7) is -0.0787. The molecule has 0 bridgehead atoms. The first-order chi connectivity index (χ1) is 8.31. The lowest BCUT2D eigenvalue weighted by atomic mass is 9.77. The first-order valence-electron chi connectivity index (χ1n) is 5.52. The monoisotopic (exact) mass is 279 g/mol. The number of carbonyl (C=O) groups excluding carboxylic acids is 1. The van der Waals surface area contributed by atoms with Crippen molar-refractivity contribution in [1.29, 1.82) is 0 Å². The van der Waals surface area contributed by atoms with Gasteiger partial charge in [-0.1, -0.05) is 0 Å². The minimum atomic E-state index is -3.38. The van der Waals surface area contributed by atoms with E-state index < -0.39 is 27.6 Å². The molecule has 0 radical (unpaired) electrons. The summed E-state index contributed by atoms with van der Waals surface area (Å²) in [4.78, 5) is 22.4. The zero-order chi connectivity index (χ0) is 13.8. The van der Waals surface area contributed by atoms with Crippen LogP contribution in [0.1, 0.15) is 19.3 Å². The normalized spacial score (nSPS) is 17.6. The number of amides is 2. The number of carboxylic acid groups (broad SMARTS) is 1. The highest BCUT2D eigenvalue weighted by Gasteiger charge is 2.45. The Bertz CT molecular complexity index is 429. The van der Waals surface area contributed by atoms with Gasteiger partial charge in [0.05, 0.1) is 5.75 Å². The molecule has 0 aliphatic heterocycles. The maximum absolute atomic E-state index is 11.4. The van der Waals surface area contributed by atoms with Crippen molar-refractivity contribution in [2.75, 3.05) is 19.3 Å². The van der Waals surface area contributed by atoms with Crippen LogP contribution in [0.4, 0.5) is 4.79 Å². The van der Waals surface area contributed by atoms with E-state index in [1.165, 1.54) is 7.05 Å². The Morgan fingerprint density at radius 1 is 1.33 bits per heavy atom. The fourth-order valence-corrected chi connectivity index (χ4v) is 2.16. The van der Waals surface area contributed by atoms with E-state index in [0.717, 1.165) is 6.42 Å². The van der Waals surface area contributed by atoms with Gasteiger partial charge in [-0.15, -0.1) is 0 Å². The van der Waals surface area contributed by atoms with Crippen molar-refractivity contribution >= 4 is 22.0 Å². The lowest BCUT2D eigenvalue weighted by Gasteiger charge is -2.38. The largest absolute Gasteiger partial charge is 0.480 e. The Kier molecular flexibility index (Phi) is 4.52. The molecule has 4 N–H and O–H groups in total. The van der Waals surface area contributed by atoms with Gasteiger partial charge in [0.1, 0.15) is 5.54 Å². The Balaban J connectivity index is 2.36. The molecule has 0 aromatic carbocycles. The molecule has 0 heterocycles. The van der Waals surface area contributed by atoms with E-state index in [2.05, 4.69) is 15.4 Å². The van der Waals surface area contributed by atoms with Crippen molar-refractivity contribution < 1.29 is 23.1 Å². The molecule has 104 valence electrons. The van der Waals surface area contributed by atoms with Gasteiger partial charge in [0.2, 0.25) is 10.0 Å². The molecule has 0 unspecified atom stereocenters. The van der Waals surface area contributed by atoms with Gasteiger partial charge in [0.15, 0.2) is 0 Å². The Hall–Kier alpha value is -1.35. The molecule has 9 heteroatoms. The molecule has 1 fully saturated rings. The number of carbonyl (C=O) groups is 2. The van der Waals surface area contributed by atoms with Crippen molar-refractivity contribution in [1.82, 2.24) is 15.4 Å². The van der Waals surface area contributed by atoms with Crippen LogP contribution in [0.3, 0.4) is 0 Å².